The third-order valence-corrected chi connectivity index (χ3v) is 7.19. The molecular weight excluding hydrogens is 376 g/mol. The van der Waals surface area contributed by atoms with Gasteiger partial charge in [0.25, 0.3) is 5.91 Å². The molecule has 1 N–H and O–H groups in total. The molecule has 0 spiro atoms. The van der Waals surface area contributed by atoms with Crippen LogP contribution in [0, 0.1) is 0 Å². The van der Waals surface area contributed by atoms with Crippen LogP contribution in [0.25, 0.3) is 11.2 Å². The van der Waals surface area contributed by atoms with Crippen LogP contribution >= 0.6 is 11.7 Å². The summed E-state index contributed by atoms with van der Waals surface area (Å²) in [6, 6.07) is 1.68. The summed E-state index contributed by atoms with van der Waals surface area (Å²) in [5, 5.41) is 2.47. The predicted molar refractivity (Wildman–Crippen MR) is 99.6 cm³/mol. The molecule has 2 aromatic heterocycles. The van der Waals surface area contributed by atoms with E-state index in [2.05, 4.69) is 23.9 Å². The fourth-order valence-corrected chi connectivity index (χ4v) is 4.50. The van der Waals surface area contributed by atoms with Gasteiger partial charge in [0.15, 0.2) is 5.65 Å². The number of amides is 1. The molecule has 0 saturated carbocycles. The SMILES string of the molecule is CC(C)S(=O)(=O)N1CCN(CCNC(=O)c2cnc3nsnc3c2)CC1. The second-order valence-electron chi connectivity index (χ2n) is 6.42. The second-order valence-corrected chi connectivity index (χ2v) is 9.44. The molecule has 11 heteroatoms. The number of piperazine rings is 1. The first-order valence-corrected chi connectivity index (χ1v) is 10.7. The zero-order valence-corrected chi connectivity index (χ0v) is 16.4. The number of rotatable bonds is 6. The Bertz CT molecular complexity index is 874. The molecular formula is C15H22N6O3S2. The Kier molecular flexibility index (Phi) is 5.80. The fraction of sp³-hybridized carbons (Fsp3) is 0.600. The lowest BCUT2D eigenvalue weighted by Crippen LogP contribution is -2.51. The van der Waals surface area contributed by atoms with Crippen molar-refractivity contribution < 1.29 is 13.2 Å². The van der Waals surface area contributed by atoms with Crippen LogP contribution in [0.3, 0.4) is 0 Å². The number of aromatic nitrogens is 3. The molecule has 1 saturated heterocycles. The molecule has 142 valence electrons. The van der Waals surface area contributed by atoms with Gasteiger partial charge in [0.2, 0.25) is 10.0 Å². The number of sulfonamides is 1. The zero-order chi connectivity index (χ0) is 18.7. The van der Waals surface area contributed by atoms with Crippen molar-refractivity contribution in [3.63, 3.8) is 0 Å². The molecule has 3 rings (SSSR count). The first kappa shape index (κ1) is 19.1. The van der Waals surface area contributed by atoms with Gasteiger partial charge in [0, 0.05) is 45.5 Å². The van der Waals surface area contributed by atoms with Crippen LogP contribution in [-0.4, -0.2) is 81.8 Å². The molecule has 2 aromatic rings. The maximum Gasteiger partial charge on any atom is 0.252 e. The average molecular weight is 399 g/mol. The Morgan fingerprint density at radius 3 is 2.69 bits per heavy atom. The molecule has 1 amide bonds. The lowest BCUT2D eigenvalue weighted by atomic mass is 10.2. The van der Waals surface area contributed by atoms with E-state index in [1.165, 1.54) is 6.20 Å². The maximum atomic E-state index is 12.2. The van der Waals surface area contributed by atoms with E-state index >= 15 is 0 Å². The van der Waals surface area contributed by atoms with Gasteiger partial charge in [-0.15, -0.1) is 0 Å². The third kappa shape index (κ3) is 4.17. The largest absolute Gasteiger partial charge is 0.351 e. The molecule has 0 atom stereocenters. The first-order valence-electron chi connectivity index (χ1n) is 8.46. The van der Waals surface area contributed by atoms with Gasteiger partial charge in [-0.05, 0) is 19.9 Å². The van der Waals surface area contributed by atoms with E-state index in [1.54, 1.807) is 24.2 Å². The third-order valence-electron chi connectivity index (χ3n) is 4.38. The van der Waals surface area contributed by atoms with Crippen LogP contribution in [0.1, 0.15) is 24.2 Å². The molecule has 0 aliphatic carbocycles. The van der Waals surface area contributed by atoms with Crippen molar-refractivity contribution in [1.82, 2.24) is 28.3 Å². The molecule has 1 fully saturated rings. The molecule has 3 heterocycles. The highest BCUT2D eigenvalue weighted by molar-refractivity contribution is 7.89. The van der Waals surface area contributed by atoms with Gasteiger partial charge in [-0.25, -0.2) is 13.4 Å². The summed E-state index contributed by atoms with van der Waals surface area (Å²) in [7, 11) is -3.19. The smallest absolute Gasteiger partial charge is 0.252 e. The number of nitrogens with one attached hydrogen (secondary N) is 1. The van der Waals surface area contributed by atoms with Crippen molar-refractivity contribution in [2.24, 2.45) is 0 Å². The van der Waals surface area contributed by atoms with Crippen LogP contribution in [0.5, 0.6) is 0 Å². The number of nitrogens with zero attached hydrogens (tertiary/aromatic N) is 5. The Balaban J connectivity index is 1.45. The highest BCUT2D eigenvalue weighted by atomic mass is 32.2. The summed E-state index contributed by atoms with van der Waals surface area (Å²) < 4.78 is 34.0. The van der Waals surface area contributed by atoms with Gasteiger partial charge in [-0.2, -0.15) is 13.1 Å². The van der Waals surface area contributed by atoms with E-state index in [9.17, 15) is 13.2 Å². The summed E-state index contributed by atoms with van der Waals surface area (Å²) >= 11 is 1.07. The quantitative estimate of drug-likeness (QED) is 0.739. The van der Waals surface area contributed by atoms with Gasteiger partial charge in [0.05, 0.1) is 22.5 Å². The van der Waals surface area contributed by atoms with Crippen molar-refractivity contribution in [1.29, 1.82) is 0 Å². The minimum Gasteiger partial charge on any atom is -0.351 e. The molecule has 0 radical (unpaired) electrons. The van der Waals surface area contributed by atoms with Crippen molar-refractivity contribution >= 4 is 38.8 Å². The van der Waals surface area contributed by atoms with Gasteiger partial charge in [-0.1, -0.05) is 0 Å². The molecule has 1 aliphatic rings. The van der Waals surface area contributed by atoms with Crippen LogP contribution in [-0.2, 0) is 10.0 Å². The monoisotopic (exact) mass is 398 g/mol. The van der Waals surface area contributed by atoms with Gasteiger partial charge >= 0.3 is 0 Å². The van der Waals surface area contributed by atoms with E-state index < -0.39 is 15.3 Å². The Hall–Kier alpha value is -1.69. The highest BCUT2D eigenvalue weighted by Crippen LogP contribution is 2.12. The Labute approximate surface area is 156 Å². The van der Waals surface area contributed by atoms with Gasteiger partial charge in [-0.3, -0.25) is 9.69 Å². The molecule has 0 bridgehead atoms. The number of fused-ring (bicyclic) bond motifs is 1. The van der Waals surface area contributed by atoms with Crippen LogP contribution in [0.4, 0.5) is 0 Å². The lowest BCUT2D eigenvalue weighted by Gasteiger charge is -2.34. The summed E-state index contributed by atoms with van der Waals surface area (Å²) in [5.41, 5.74) is 1.61. The molecule has 0 aromatic carbocycles. The number of carbonyl (C=O) groups is 1. The number of carbonyl (C=O) groups excluding carboxylic acids is 1. The zero-order valence-electron chi connectivity index (χ0n) is 14.8. The van der Waals surface area contributed by atoms with E-state index in [0.29, 0.717) is 56.0 Å². The lowest BCUT2D eigenvalue weighted by molar-refractivity contribution is 0.0944. The minimum absolute atomic E-state index is 0.201. The van der Waals surface area contributed by atoms with Crippen molar-refractivity contribution in [3.8, 4) is 0 Å². The average Bonchev–Trinajstić information content (AvgIpc) is 3.09. The maximum absolute atomic E-state index is 12.2. The molecule has 26 heavy (non-hydrogen) atoms. The normalized spacial score (nSPS) is 17.0. The van der Waals surface area contributed by atoms with E-state index in [1.807, 2.05) is 0 Å². The van der Waals surface area contributed by atoms with E-state index in [4.69, 9.17) is 0 Å². The molecule has 9 nitrogen and oxygen atoms in total. The highest BCUT2D eigenvalue weighted by Gasteiger charge is 2.29. The predicted octanol–water partition coefficient (Wildman–Crippen LogP) is 0.172. The molecule has 0 unspecified atom stereocenters. The Morgan fingerprint density at radius 2 is 2.00 bits per heavy atom. The van der Waals surface area contributed by atoms with Crippen molar-refractivity contribution in [2.45, 2.75) is 19.1 Å². The number of hydrogen-bond acceptors (Lipinski definition) is 8. The van der Waals surface area contributed by atoms with E-state index in [-0.39, 0.29) is 5.91 Å². The van der Waals surface area contributed by atoms with Crippen LogP contribution < -0.4 is 5.32 Å². The topological polar surface area (TPSA) is 108 Å². The summed E-state index contributed by atoms with van der Waals surface area (Å²) in [5.74, 6) is -0.201. The Morgan fingerprint density at radius 1 is 1.27 bits per heavy atom. The van der Waals surface area contributed by atoms with E-state index in [0.717, 1.165) is 11.7 Å². The summed E-state index contributed by atoms with van der Waals surface area (Å²) in [6.45, 7) is 6.88. The standard InChI is InChI=1S/C15H22N6O3S2/c1-11(2)26(23,24)21-7-5-20(6-8-21)4-3-16-15(22)12-9-13-14(17-10-12)19-25-18-13/h9-11H,3-8H2,1-2H3,(H,16,22). The van der Waals surface area contributed by atoms with Gasteiger partial charge < -0.3 is 5.32 Å². The fourth-order valence-electron chi connectivity index (χ4n) is 2.75. The number of pyridine rings is 1. The van der Waals surface area contributed by atoms with Crippen molar-refractivity contribution in [3.05, 3.63) is 17.8 Å². The van der Waals surface area contributed by atoms with Crippen molar-refractivity contribution in [2.75, 3.05) is 39.3 Å². The molecule has 1 aliphatic heterocycles. The number of hydrogen-bond donors (Lipinski definition) is 1. The minimum atomic E-state index is -3.19. The van der Waals surface area contributed by atoms with Gasteiger partial charge in [0.1, 0.15) is 5.52 Å². The van der Waals surface area contributed by atoms with Crippen LogP contribution in [0.2, 0.25) is 0 Å². The summed E-state index contributed by atoms with van der Waals surface area (Å²) in [4.78, 5) is 18.5. The second kappa shape index (κ2) is 7.91. The summed E-state index contributed by atoms with van der Waals surface area (Å²) in [6.07, 6.45) is 1.49. The first-order chi connectivity index (χ1) is 12.4. The van der Waals surface area contributed by atoms with Crippen LogP contribution in [0.15, 0.2) is 12.3 Å².